The van der Waals surface area contributed by atoms with Gasteiger partial charge in [-0.25, -0.2) is 0 Å². The van der Waals surface area contributed by atoms with Crippen LogP contribution in [0.4, 0.5) is 0 Å². The SMILES string of the molecule is Cc1cc(Cl)ccc1C(=O)N(CCCl)C1CCCC1. The topological polar surface area (TPSA) is 20.3 Å². The van der Waals surface area contributed by atoms with E-state index < -0.39 is 0 Å². The summed E-state index contributed by atoms with van der Waals surface area (Å²) < 4.78 is 0. The minimum atomic E-state index is 0.0849. The fraction of sp³-hybridized carbons (Fsp3) is 0.533. The number of amides is 1. The Kier molecular flexibility index (Phi) is 5.12. The van der Waals surface area contributed by atoms with Crippen molar-refractivity contribution in [3.05, 3.63) is 34.3 Å². The Balaban J connectivity index is 2.22. The number of halogens is 2. The first-order valence-corrected chi connectivity index (χ1v) is 7.68. The molecule has 104 valence electrons. The zero-order chi connectivity index (χ0) is 13.8. The van der Waals surface area contributed by atoms with Crippen LogP contribution in [-0.2, 0) is 0 Å². The van der Waals surface area contributed by atoms with Gasteiger partial charge in [-0.05, 0) is 43.5 Å². The standard InChI is InChI=1S/C15H19Cl2NO/c1-11-10-12(17)6-7-14(11)15(19)18(9-8-16)13-4-2-3-5-13/h6-7,10,13H,2-5,8-9H2,1H3. The normalized spacial score (nSPS) is 15.7. The highest BCUT2D eigenvalue weighted by atomic mass is 35.5. The van der Waals surface area contributed by atoms with Gasteiger partial charge in [0.05, 0.1) is 0 Å². The molecule has 4 heteroatoms. The molecule has 1 aliphatic carbocycles. The van der Waals surface area contributed by atoms with Crippen LogP contribution in [0.25, 0.3) is 0 Å². The molecule has 0 saturated heterocycles. The number of carbonyl (C=O) groups is 1. The minimum Gasteiger partial charge on any atom is -0.334 e. The van der Waals surface area contributed by atoms with Gasteiger partial charge in [0.15, 0.2) is 0 Å². The molecule has 2 rings (SSSR count). The summed E-state index contributed by atoms with van der Waals surface area (Å²) in [6.07, 6.45) is 4.59. The van der Waals surface area contributed by atoms with Gasteiger partial charge in [0.1, 0.15) is 0 Å². The number of aryl methyl sites for hydroxylation is 1. The molecule has 1 aromatic rings. The van der Waals surface area contributed by atoms with Crippen LogP contribution in [0.1, 0.15) is 41.6 Å². The van der Waals surface area contributed by atoms with Crippen molar-refractivity contribution in [1.29, 1.82) is 0 Å². The van der Waals surface area contributed by atoms with E-state index in [9.17, 15) is 4.79 Å². The van der Waals surface area contributed by atoms with Crippen molar-refractivity contribution in [1.82, 2.24) is 4.90 Å². The van der Waals surface area contributed by atoms with E-state index in [1.807, 2.05) is 24.0 Å². The maximum Gasteiger partial charge on any atom is 0.254 e. The fourth-order valence-electron chi connectivity index (χ4n) is 2.78. The van der Waals surface area contributed by atoms with Crippen molar-refractivity contribution in [2.24, 2.45) is 0 Å². The van der Waals surface area contributed by atoms with Crippen molar-refractivity contribution >= 4 is 29.1 Å². The Morgan fingerprint density at radius 1 is 1.37 bits per heavy atom. The molecule has 0 aromatic heterocycles. The molecular formula is C15H19Cl2NO. The summed E-state index contributed by atoms with van der Waals surface area (Å²) in [5, 5.41) is 0.666. The molecule has 2 nitrogen and oxygen atoms in total. The van der Waals surface area contributed by atoms with E-state index >= 15 is 0 Å². The van der Waals surface area contributed by atoms with Crippen molar-refractivity contribution in [2.45, 2.75) is 38.6 Å². The first kappa shape index (κ1) is 14.7. The molecule has 1 saturated carbocycles. The summed E-state index contributed by atoms with van der Waals surface area (Å²) in [4.78, 5) is 14.6. The molecule has 0 aliphatic heterocycles. The van der Waals surface area contributed by atoms with Crippen LogP contribution in [0.5, 0.6) is 0 Å². The lowest BCUT2D eigenvalue weighted by molar-refractivity contribution is 0.0694. The quantitative estimate of drug-likeness (QED) is 0.760. The number of alkyl halides is 1. The van der Waals surface area contributed by atoms with Gasteiger partial charge in [-0.15, -0.1) is 11.6 Å². The molecular weight excluding hydrogens is 281 g/mol. The van der Waals surface area contributed by atoms with Crippen LogP contribution in [-0.4, -0.2) is 29.3 Å². The minimum absolute atomic E-state index is 0.0849. The molecule has 0 radical (unpaired) electrons. The Morgan fingerprint density at radius 2 is 2.05 bits per heavy atom. The second kappa shape index (κ2) is 6.62. The highest BCUT2D eigenvalue weighted by Crippen LogP contribution is 2.26. The van der Waals surface area contributed by atoms with Crippen molar-refractivity contribution in [2.75, 3.05) is 12.4 Å². The van der Waals surface area contributed by atoms with Crippen LogP contribution < -0.4 is 0 Å². The summed E-state index contributed by atoms with van der Waals surface area (Å²) in [5.41, 5.74) is 1.66. The van der Waals surface area contributed by atoms with Crippen LogP contribution in [0, 0.1) is 6.92 Å². The molecule has 0 atom stereocenters. The second-order valence-corrected chi connectivity index (χ2v) is 5.90. The smallest absolute Gasteiger partial charge is 0.254 e. The first-order chi connectivity index (χ1) is 9.13. The van der Waals surface area contributed by atoms with Gasteiger partial charge in [-0.3, -0.25) is 4.79 Å². The third-order valence-electron chi connectivity index (χ3n) is 3.77. The lowest BCUT2D eigenvalue weighted by Crippen LogP contribution is -2.40. The molecule has 1 fully saturated rings. The predicted molar refractivity (Wildman–Crippen MR) is 80.2 cm³/mol. The first-order valence-electron chi connectivity index (χ1n) is 6.76. The van der Waals surface area contributed by atoms with Crippen LogP contribution in [0.3, 0.4) is 0 Å². The second-order valence-electron chi connectivity index (χ2n) is 5.09. The number of benzene rings is 1. The highest BCUT2D eigenvalue weighted by Gasteiger charge is 2.27. The maximum atomic E-state index is 12.7. The molecule has 1 amide bonds. The van der Waals surface area contributed by atoms with E-state index in [0.717, 1.165) is 24.0 Å². The van der Waals surface area contributed by atoms with E-state index in [2.05, 4.69) is 0 Å². The average Bonchev–Trinajstić information content (AvgIpc) is 2.89. The van der Waals surface area contributed by atoms with Crippen molar-refractivity contribution < 1.29 is 4.79 Å². The lowest BCUT2D eigenvalue weighted by Gasteiger charge is -2.29. The summed E-state index contributed by atoms with van der Waals surface area (Å²) in [6, 6.07) is 5.77. The van der Waals surface area contributed by atoms with E-state index in [-0.39, 0.29) is 5.91 Å². The molecule has 1 aliphatic rings. The molecule has 0 spiro atoms. The van der Waals surface area contributed by atoms with E-state index in [1.54, 1.807) is 6.07 Å². The Labute approximate surface area is 124 Å². The molecule has 0 N–H and O–H groups in total. The Morgan fingerprint density at radius 3 is 2.63 bits per heavy atom. The molecule has 19 heavy (non-hydrogen) atoms. The van der Waals surface area contributed by atoms with Crippen molar-refractivity contribution in [3.63, 3.8) is 0 Å². The number of hydrogen-bond donors (Lipinski definition) is 0. The summed E-state index contributed by atoms with van der Waals surface area (Å²) in [5.74, 6) is 0.566. The van der Waals surface area contributed by atoms with Crippen LogP contribution in [0.2, 0.25) is 5.02 Å². The highest BCUT2D eigenvalue weighted by molar-refractivity contribution is 6.30. The van der Waals surface area contributed by atoms with Gasteiger partial charge < -0.3 is 4.90 Å². The molecule has 0 bridgehead atoms. The molecule has 0 heterocycles. The van der Waals surface area contributed by atoms with E-state index in [4.69, 9.17) is 23.2 Å². The molecule has 0 unspecified atom stereocenters. The van der Waals surface area contributed by atoms with Crippen LogP contribution >= 0.6 is 23.2 Å². The molecule has 1 aromatic carbocycles. The zero-order valence-electron chi connectivity index (χ0n) is 11.2. The van der Waals surface area contributed by atoms with Gasteiger partial charge in [0.2, 0.25) is 0 Å². The van der Waals surface area contributed by atoms with E-state index in [0.29, 0.717) is 23.5 Å². The van der Waals surface area contributed by atoms with E-state index in [1.165, 1.54) is 12.8 Å². The number of rotatable bonds is 4. The number of nitrogens with zero attached hydrogens (tertiary/aromatic N) is 1. The van der Waals surface area contributed by atoms with Gasteiger partial charge in [0.25, 0.3) is 5.91 Å². The zero-order valence-corrected chi connectivity index (χ0v) is 12.7. The van der Waals surface area contributed by atoms with Gasteiger partial charge in [0, 0.05) is 29.1 Å². The fourth-order valence-corrected chi connectivity index (χ4v) is 3.19. The number of carbonyl (C=O) groups excluding carboxylic acids is 1. The van der Waals surface area contributed by atoms with Crippen LogP contribution in [0.15, 0.2) is 18.2 Å². The third kappa shape index (κ3) is 3.43. The largest absolute Gasteiger partial charge is 0.334 e. The Bertz CT molecular complexity index is 455. The maximum absolute atomic E-state index is 12.7. The third-order valence-corrected chi connectivity index (χ3v) is 4.17. The monoisotopic (exact) mass is 299 g/mol. The van der Waals surface area contributed by atoms with Crippen molar-refractivity contribution in [3.8, 4) is 0 Å². The van der Waals surface area contributed by atoms with Gasteiger partial charge in [-0.2, -0.15) is 0 Å². The Hall–Kier alpha value is -0.730. The summed E-state index contributed by atoms with van der Waals surface area (Å²) in [7, 11) is 0. The average molecular weight is 300 g/mol. The summed E-state index contributed by atoms with van der Waals surface area (Å²) in [6.45, 7) is 2.54. The predicted octanol–water partition coefficient (Wildman–Crippen LogP) is 4.27. The van der Waals surface area contributed by atoms with Gasteiger partial charge >= 0.3 is 0 Å². The summed E-state index contributed by atoms with van der Waals surface area (Å²) >= 11 is 11.8. The number of hydrogen-bond acceptors (Lipinski definition) is 1. The van der Waals surface area contributed by atoms with Gasteiger partial charge in [-0.1, -0.05) is 24.4 Å². The lowest BCUT2D eigenvalue weighted by atomic mass is 10.1.